The standard InChI is InChI=1S/C40H74NO8P/c1-3-5-7-9-11-13-15-17-18-19-20-21-23-25-27-29-31-33-40(43)49-38(37-48-50(44,45)47-35-34-41)36-46-39(42)32-30-28-26-24-22-16-14-12-10-8-6-4-2/h11-14,17-18,38H,3-10,15-16,19-37,41H2,1-2H3,(H,44,45)/b13-11+,14-12+,18-17+/t38-/m1/s1. The van der Waals surface area contributed by atoms with Crippen molar-refractivity contribution in [3.63, 3.8) is 0 Å². The van der Waals surface area contributed by atoms with Crippen LogP contribution in [-0.4, -0.2) is 49.3 Å². The van der Waals surface area contributed by atoms with Gasteiger partial charge in [-0.2, -0.15) is 0 Å². The molecule has 0 heterocycles. The van der Waals surface area contributed by atoms with Gasteiger partial charge in [-0.25, -0.2) is 4.57 Å². The highest BCUT2D eigenvalue weighted by atomic mass is 31.2. The number of phosphoric acid groups is 1. The van der Waals surface area contributed by atoms with Crippen molar-refractivity contribution in [1.29, 1.82) is 0 Å². The molecule has 0 rings (SSSR count). The zero-order valence-corrected chi connectivity index (χ0v) is 32.8. The number of ether oxygens (including phenoxy) is 2. The van der Waals surface area contributed by atoms with E-state index in [-0.39, 0.29) is 32.6 Å². The lowest BCUT2D eigenvalue weighted by Crippen LogP contribution is -2.29. The third-order valence-corrected chi connectivity index (χ3v) is 9.23. The van der Waals surface area contributed by atoms with Gasteiger partial charge in [0.25, 0.3) is 0 Å². The zero-order valence-electron chi connectivity index (χ0n) is 31.9. The third-order valence-electron chi connectivity index (χ3n) is 8.25. The summed E-state index contributed by atoms with van der Waals surface area (Å²) >= 11 is 0. The number of allylic oxidation sites excluding steroid dienone is 6. The molecule has 0 aromatic rings. The van der Waals surface area contributed by atoms with Gasteiger partial charge in [0.1, 0.15) is 6.61 Å². The first-order valence-corrected chi connectivity index (χ1v) is 21.5. The first-order chi connectivity index (χ1) is 24.3. The van der Waals surface area contributed by atoms with E-state index in [4.69, 9.17) is 24.3 Å². The molecule has 3 N–H and O–H groups in total. The average Bonchev–Trinajstić information content (AvgIpc) is 3.10. The minimum Gasteiger partial charge on any atom is -0.462 e. The van der Waals surface area contributed by atoms with E-state index in [2.05, 4.69) is 50.3 Å². The Bertz CT molecular complexity index is 923. The zero-order chi connectivity index (χ0) is 36.8. The molecule has 0 fully saturated rings. The van der Waals surface area contributed by atoms with E-state index in [1.165, 1.54) is 70.6 Å². The van der Waals surface area contributed by atoms with Gasteiger partial charge in [0, 0.05) is 19.4 Å². The van der Waals surface area contributed by atoms with E-state index in [0.29, 0.717) is 6.42 Å². The first kappa shape index (κ1) is 48.2. The molecule has 292 valence electrons. The van der Waals surface area contributed by atoms with Crippen LogP contribution in [0.25, 0.3) is 0 Å². The molecule has 10 heteroatoms. The molecule has 0 spiro atoms. The number of hydrogen-bond acceptors (Lipinski definition) is 8. The predicted molar refractivity (Wildman–Crippen MR) is 206 cm³/mol. The highest BCUT2D eigenvalue weighted by Crippen LogP contribution is 2.43. The molecule has 0 radical (unpaired) electrons. The van der Waals surface area contributed by atoms with Crippen LogP contribution in [0.3, 0.4) is 0 Å². The number of phosphoric ester groups is 1. The maximum Gasteiger partial charge on any atom is 0.472 e. The molecule has 0 aromatic carbocycles. The van der Waals surface area contributed by atoms with Gasteiger partial charge in [-0.05, 0) is 70.6 Å². The number of carbonyl (C=O) groups excluding carboxylic acids is 2. The fourth-order valence-corrected chi connectivity index (χ4v) is 6.01. The van der Waals surface area contributed by atoms with E-state index < -0.39 is 32.5 Å². The molecule has 0 aliphatic heterocycles. The number of nitrogens with two attached hydrogens (primary N) is 1. The van der Waals surface area contributed by atoms with Crippen molar-refractivity contribution < 1.29 is 37.6 Å². The van der Waals surface area contributed by atoms with Crippen LogP contribution in [0.5, 0.6) is 0 Å². The lowest BCUT2D eigenvalue weighted by molar-refractivity contribution is -0.161. The van der Waals surface area contributed by atoms with Crippen molar-refractivity contribution >= 4 is 19.8 Å². The normalized spacial score (nSPS) is 13.8. The van der Waals surface area contributed by atoms with E-state index >= 15 is 0 Å². The Kier molecular flexibility index (Phi) is 35.7. The Morgan fingerprint density at radius 1 is 0.600 bits per heavy atom. The molecule has 0 amide bonds. The van der Waals surface area contributed by atoms with Crippen LogP contribution < -0.4 is 5.73 Å². The maximum atomic E-state index is 12.5. The highest BCUT2D eigenvalue weighted by Gasteiger charge is 2.25. The van der Waals surface area contributed by atoms with Gasteiger partial charge in [0.15, 0.2) is 6.10 Å². The minimum absolute atomic E-state index is 0.0504. The van der Waals surface area contributed by atoms with Gasteiger partial charge in [0.05, 0.1) is 13.2 Å². The van der Waals surface area contributed by atoms with Crippen LogP contribution >= 0.6 is 7.82 Å². The molecule has 0 bridgehead atoms. The van der Waals surface area contributed by atoms with E-state index in [1.807, 2.05) is 0 Å². The van der Waals surface area contributed by atoms with Crippen molar-refractivity contribution in [2.45, 2.75) is 180 Å². The van der Waals surface area contributed by atoms with Gasteiger partial charge in [-0.1, -0.05) is 127 Å². The fourth-order valence-electron chi connectivity index (χ4n) is 5.25. The van der Waals surface area contributed by atoms with Gasteiger partial charge in [-0.15, -0.1) is 0 Å². The molecular formula is C40H74NO8P. The fraction of sp³-hybridized carbons (Fsp3) is 0.800. The predicted octanol–water partition coefficient (Wildman–Crippen LogP) is 11.0. The number of hydrogen-bond donors (Lipinski definition) is 2. The summed E-state index contributed by atoms with van der Waals surface area (Å²) in [5, 5.41) is 0. The second-order valence-corrected chi connectivity index (χ2v) is 14.6. The van der Waals surface area contributed by atoms with Crippen molar-refractivity contribution in [1.82, 2.24) is 0 Å². The number of carbonyl (C=O) groups is 2. The molecule has 0 saturated carbocycles. The van der Waals surface area contributed by atoms with Crippen LogP contribution in [0.2, 0.25) is 0 Å². The van der Waals surface area contributed by atoms with E-state index in [1.54, 1.807) is 0 Å². The SMILES string of the molecule is CCCCC/C=C/C/C=C/CCCCCCCCCC(=O)O[C@H](COC(=O)CCCCCCC/C=C/CCCCC)COP(=O)(O)OCCN. The lowest BCUT2D eigenvalue weighted by Gasteiger charge is -2.19. The van der Waals surface area contributed by atoms with Gasteiger partial charge >= 0.3 is 19.8 Å². The molecule has 0 saturated heterocycles. The monoisotopic (exact) mass is 728 g/mol. The van der Waals surface area contributed by atoms with Crippen LogP contribution in [0.15, 0.2) is 36.5 Å². The number of unbranched alkanes of at least 4 members (excludes halogenated alkanes) is 18. The smallest absolute Gasteiger partial charge is 0.462 e. The summed E-state index contributed by atoms with van der Waals surface area (Å²) in [5.41, 5.74) is 5.33. The van der Waals surface area contributed by atoms with Gasteiger partial charge in [-0.3, -0.25) is 18.6 Å². The Morgan fingerprint density at radius 2 is 1.04 bits per heavy atom. The maximum absolute atomic E-state index is 12.5. The van der Waals surface area contributed by atoms with Crippen molar-refractivity contribution in [3.05, 3.63) is 36.5 Å². The summed E-state index contributed by atoms with van der Waals surface area (Å²) < 4.78 is 32.7. The Balaban J connectivity index is 4.21. The Hall–Kier alpha value is -1.77. The van der Waals surface area contributed by atoms with E-state index in [9.17, 15) is 19.0 Å². The summed E-state index contributed by atoms with van der Waals surface area (Å²) in [4.78, 5) is 34.7. The second-order valence-electron chi connectivity index (χ2n) is 13.1. The minimum atomic E-state index is -4.37. The highest BCUT2D eigenvalue weighted by molar-refractivity contribution is 7.47. The topological polar surface area (TPSA) is 134 Å². The molecule has 2 atom stereocenters. The molecule has 0 aliphatic carbocycles. The second kappa shape index (κ2) is 37.0. The van der Waals surface area contributed by atoms with Crippen molar-refractivity contribution in [2.75, 3.05) is 26.4 Å². The summed E-state index contributed by atoms with van der Waals surface area (Å²) in [7, 11) is -4.37. The lowest BCUT2D eigenvalue weighted by atomic mass is 10.1. The molecule has 0 aliphatic rings. The van der Waals surface area contributed by atoms with Crippen LogP contribution in [0, 0.1) is 0 Å². The van der Waals surface area contributed by atoms with Gasteiger partial charge in [0.2, 0.25) is 0 Å². The molecule has 50 heavy (non-hydrogen) atoms. The molecule has 9 nitrogen and oxygen atoms in total. The first-order valence-electron chi connectivity index (χ1n) is 20.0. The molecule has 1 unspecified atom stereocenters. The van der Waals surface area contributed by atoms with Crippen LogP contribution in [0.4, 0.5) is 0 Å². The van der Waals surface area contributed by atoms with E-state index in [0.717, 1.165) is 70.6 Å². The third kappa shape index (κ3) is 36.0. The molecular weight excluding hydrogens is 653 g/mol. The van der Waals surface area contributed by atoms with Gasteiger partial charge < -0.3 is 20.1 Å². The van der Waals surface area contributed by atoms with Crippen LogP contribution in [-0.2, 0) is 32.7 Å². The summed E-state index contributed by atoms with van der Waals surface area (Å²) in [6.45, 7) is 3.65. The average molecular weight is 728 g/mol. The number of rotatable bonds is 37. The Labute approximate surface area is 305 Å². The van der Waals surface area contributed by atoms with Crippen LogP contribution in [0.1, 0.15) is 174 Å². The van der Waals surface area contributed by atoms with Crippen molar-refractivity contribution in [2.24, 2.45) is 5.73 Å². The summed E-state index contributed by atoms with van der Waals surface area (Å²) in [5.74, 6) is -0.849. The quantitative estimate of drug-likeness (QED) is 0.0277. The van der Waals surface area contributed by atoms with Crippen molar-refractivity contribution in [3.8, 4) is 0 Å². The summed E-state index contributed by atoms with van der Waals surface area (Å²) in [6.07, 6.45) is 38.8. The molecule has 0 aromatic heterocycles. The Morgan fingerprint density at radius 3 is 1.54 bits per heavy atom. The summed E-state index contributed by atoms with van der Waals surface area (Å²) in [6, 6.07) is 0. The largest absolute Gasteiger partial charge is 0.472 e. The number of esters is 2.